The number of benzene rings is 9. The second-order valence-corrected chi connectivity index (χ2v) is 24.6. The van der Waals surface area contributed by atoms with Crippen molar-refractivity contribution < 1.29 is 9.31 Å². The Hall–Kier alpha value is -8.74. The van der Waals surface area contributed by atoms with Crippen LogP contribution in [0.1, 0.15) is 81.8 Å². The van der Waals surface area contributed by atoms with E-state index in [1.807, 2.05) is 0 Å². The van der Waals surface area contributed by atoms with Crippen LogP contribution in [0.3, 0.4) is 0 Å². The average Bonchev–Trinajstić information content (AvgIpc) is 2.41. The summed E-state index contributed by atoms with van der Waals surface area (Å²) in [5, 5.41) is 0. The summed E-state index contributed by atoms with van der Waals surface area (Å²) in [4.78, 5) is 10.2. The van der Waals surface area contributed by atoms with Crippen LogP contribution in [0.25, 0.3) is 112 Å². The molecular formula is C77H65BN2O2. The first-order chi connectivity index (χ1) is 39.6. The van der Waals surface area contributed by atoms with Gasteiger partial charge in [0, 0.05) is 45.5 Å². The molecule has 9 aromatic carbocycles. The van der Waals surface area contributed by atoms with Gasteiger partial charge in [0.2, 0.25) is 0 Å². The zero-order chi connectivity index (χ0) is 56.2. The van der Waals surface area contributed by atoms with E-state index >= 15 is 0 Å². The van der Waals surface area contributed by atoms with Crippen molar-refractivity contribution in [1.82, 2.24) is 9.97 Å². The summed E-state index contributed by atoms with van der Waals surface area (Å²) >= 11 is 0. The standard InChI is InChI=1S/C77H65BN2O2/c1-47-38-73(79-45-67(47)54-34-36-65-63-22-14-16-24-69(63)75(4,5)71(65)43-54)52-30-26-50(27-31-52)59-18-10-12-20-61(59)56-40-57(42-58(41-56)78-81-49(3)77(8,9)82-78)62-21-13-11-19-60(62)51-28-32-53(33-29-51)74-39-48(2)68(46-80-74)55-35-37-66-64-23-15-17-25-70(64)76(6,7)72(66)44-55/h10-46,49H,1-9H3. The van der Waals surface area contributed by atoms with Crippen molar-refractivity contribution in [3.63, 3.8) is 0 Å². The molecule has 3 heterocycles. The predicted molar refractivity (Wildman–Crippen MR) is 341 cm³/mol. The fourth-order valence-electron chi connectivity index (χ4n) is 13.4. The highest BCUT2D eigenvalue weighted by Crippen LogP contribution is 2.51. The van der Waals surface area contributed by atoms with E-state index in [9.17, 15) is 0 Å². The van der Waals surface area contributed by atoms with Crippen LogP contribution in [0.4, 0.5) is 0 Å². The third kappa shape index (κ3) is 8.60. The van der Waals surface area contributed by atoms with Crippen LogP contribution >= 0.6 is 0 Å². The first kappa shape index (κ1) is 51.4. The summed E-state index contributed by atoms with van der Waals surface area (Å²) in [6.07, 6.45) is 4.02. The van der Waals surface area contributed by atoms with Gasteiger partial charge in [0.25, 0.3) is 0 Å². The van der Waals surface area contributed by atoms with Gasteiger partial charge in [-0.05, 0) is 182 Å². The fraction of sp³-hybridized carbons (Fsp3) is 0.169. The molecule has 398 valence electrons. The lowest BCUT2D eigenvalue weighted by molar-refractivity contribution is 0.0842. The predicted octanol–water partition coefficient (Wildman–Crippen LogP) is 19.0. The number of nitrogens with zero attached hydrogens (tertiary/aromatic N) is 2. The van der Waals surface area contributed by atoms with Gasteiger partial charge >= 0.3 is 7.12 Å². The highest BCUT2D eigenvalue weighted by atomic mass is 16.7. The van der Waals surface area contributed by atoms with E-state index in [4.69, 9.17) is 19.3 Å². The zero-order valence-corrected chi connectivity index (χ0v) is 48.2. The Kier molecular flexibility index (Phi) is 12.2. The van der Waals surface area contributed by atoms with Crippen molar-refractivity contribution >= 4 is 12.6 Å². The molecule has 1 aliphatic heterocycles. The number of aryl methyl sites for hydroxylation is 2. The summed E-state index contributed by atoms with van der Waals surface area (Å²) in [7, 11) is -0.523. The van der Waals surface area contributed by atoms with Gasteiger partial charge in [0.1, 0.15) is 0 Å². The van der Waals surface area contributed by atoms with E-state index < -0.39 is 12.7 Å². The van der Waals surface area contributed by atoms with E-state index in [0.717, 1.165) is 83.6 Å². The Bertz CT molecular complexity index is 4100. The lowest BCUT2D eigenvalue weighted by Gasteiger charge is -2.22. The summed E-state index contributed by atoms with van der Waals surface area (Å²) in [6, 6.07) is 78.0. The Morgan fingerprint density at radius 1 is 0.341 bits per heavy atom. The molecule has 3 aliphatic rings. The number of hydrogen-bond acceptors (Lipinski definition) is 4. The van der Waals surface area contributed by atoms with Crippen molar-refractivity contribution in [3.8, 4) is 112 Å². The van der Waals surface area contributed by atoms with Crippen LogP contribution in [0.2, 0.25) is 0 Å². The molecule has 5 heteroatoms. The smallest absolute Gasteiger partial charge is 0.402 e. The molecule has 11 aromatic rings. The molecule has 0 spiro atoms. The zero-order valence-electron chi connectivity index (χ0n) is 48.2. The Morgan fingerprint density at radius 3 is 1.09 bits per heavy atom. The lowest BCUT2D eigenvalue weighted by Crippen LogP contribution is -2.35. The molecule has 1 unspecified atom stereocenters. The monoisotopic (exact) mass is 1060 g/mol. The van der Waals surface area contributed by atoms with Crippen molar-refractivity contribution in [2.45, 2.75) is 84.8 Å². The van der Waals surface area contributed by atoms with Crippen LogP contribution in [0, 0.1) is 13.8 Å². The molecule has 14 rings (SSSR count). The molecule has 0 N–H and O–H groups in total. The van der Waals surface area contributed by atoms with E-state index in [2.05, 4.69) is 287 Å². The third-order valence-electron chi connectivity index (χ3n) is 18.4. The third-order valence-corrected chi connectivity index (χ3v) is 18.4. The largest absolute Gasteiger partial charge is 0.494 e. The van der Waals surface area contributed by atoms with Crippen LogP contribution in [0.5, 0.6) is 0 Å². The lowest BCUT2D eigenvalue weighted by atomic mass is 9.75. The topological polar surface area (TPSA) is 44.2 Å². The average molecular weight is 1060 g/mol. The van der Waals surface area contributed by atoms with Gasteiger partial charge in [-0.3, -0.25) is 9.97 Å². The minimum atomic E-state index is -0.523. The molecule has 0 radical (unpaired) electrons. The molecule has 0 amide bonds. The van der Waals surface area contributed by atoms with Crippen LogP contribution in [-0.2, 0) is 20.1 Å². The Labute approximate surface area is 483 Å². The van der Waals surface area contributed by atoms with Gasteiger partial charge in [0.15, 0.2) is 0 Å². The molecule has 1 fully saturated rings. The maximum atomic E-state index is 6.69. The fourth-order valence-corrected chi connectivity index (χ4v) is 13.4. The van der Waals surface area contributed by atoms with Gasteiger partial charge in [-0.2, -0.15) is 0 Å². The van der Waals surface area contributed by atoms with E-state index in [1.54, 1.807) is 0 Å². The molecule has 0 saturated carbocycles. The van der Waals surface area contributed by atoms with Crippen LogP contribution in [0.15, 0.2) is 225 Å². The highest BCUT2D eigenvalue weighted by molar-refractivity contribution is 6.62. The molecule has 0 bridgehead atoms. The van der Waals surface area contributed by atoms with E-state index in [-0.39, 0.29) is 16.9 Å². The normalized spacial score (nSPS) is 15.9. The molecular weight excluding hydrogens is 996 g/mol. The molecule has 2 aliphatic carbocycles. The van der Waals surface area contributed by atoms with Crippen LogP contribution < -0.4 is 5.46 Å². The second-order valence-electron chi connectivity index (χ2n) is 24.6. The summed E-state index contributed by atoms with van der Waals surface area (Å²) in [5.41, 5.74) is 31.4. The van der Waals surface area contributed by atoms with Gasteiger partial charge in [-0.1, -0.05) is 210 Å². The van der Waals surface area contributed by atoms with E-state index in [0.29, 0.717) is 0 Å². The molecule has 1 saturated heterocycles. The Morgan fingerprint density at radius 2 is 0.695 bits per heavy atom. The second kappa shape index (κ2) is 19.5. The quantitative estimate of drug-likeness (QED) is 0.135. The molecule has 82 heavy (non-hydrogen) atoms. The van der Waals surface area contributed by atoms with Crippen molar-refractivity contribution in [1.29, 1.82) is 0 Å². The number of fused-ring (bicyclic) bond motifs is 6. The number of aromatic nitrogens is 2. The maximum Gasteiger partial charge on any atom is 0.494 e. The van der Waals surface area contributed by atoms with Gasteiger partial charge < -0.3 is 9.31 Å². The molecule has 2 aromatic heterocycles. The highest BCUT2D eigenvalue weighted by Gasteiger charge is 2.44. The first-order valence-corrected chi connectivity index (χ1v) is 28.9. The number of hydrogen-bond donors (Lipinski definition) is 0. The van der Waals surface area contributed by atoms with Gasteiger partial charge in [-0.15, -0.1) is 0 Å². The minimum Gasteiger partial charge on any atom is -0.402 e. The van der Waals surface area contributed by atoms with Gasteiger partial charge in [-0.25, -0.2) is 0 Å². The van der Waals surface area contributed by atoms with Crippen molar-refractivity contribution in [2.24, 2.45) is 0 Å². The summed E-state index contributed by atoms with van der Waals surface area (Å²) in [5.74, 6) is 0. The SMILES string of the molecule is Cc1cc(-c2ccc(-c3ccccc3-c3cc(B4OC(C)C(C)(C)O4)cc(-c4ccccc4-c4ccc(-c5cc(C)c(-c6ccc7c(c6)C(C)(C)c6ccccc6-7)cn5)cc4)c3)cc2)ncc1-c1ccc2c(c1)C(C)(C)c1ccccc1-2. The Balaban J connectivity index is 0.760. The summed E-state index contributed by atoms with van der Waals surface area (Å²) in [6.45, 7) is 20.1. The van der Waals surface area contributed by atoms with Crippen molar-refractivity contribution in [3.05, 3.63) is 258 Å². The molecule has 1 atom stereocenters. The first-order valence-electron chi connectivity index (χ1n) is 28.9. The van der Waals surface area contributed by atoms with Crippen LogP contribution in [-0.4, -0.2) is 28.8 Å². The maximum absolute atomic E-state index is 6.69. The molecule has 4 nitrogen and oxygen atoms in total. The summed E-state index contributed by atoms with van der Waals surface area (Å²) < 4.78 is 13.3. The van der Waals surface area contributed by atoms with Crippen molar-refractivity contribution in [2.75, 3.05) is 0 Å². The van der Waals surface area contributed by atoms with Gasteiger partial charge in [0.05, 0.1) is 23.1 Å². The minimum absolute atomic E-state index is 0.0609. The number of rotatable bonds is 9. The van der Waals surface area contributed by atoms with E-state index in [1.165, 1.54) is 66.8 Å². The number of pyridine rings is 2.